The number of rotatable bonds is 8. The number of nitrogens with zero attached hydrogens (tertiary/aromatic N) is 6. The quantitative estimate of drug-likeness (QED) is 0.0889. The number of nitrogen functional groups attached to an aromatic ring is 2. The van der Waals surface area contributed by atoms with Crippen LogP contribution in [0.5, 0.6) is 0 Å². The van der Waals surface area contributed by atoms with E-state index in [1.54, 1.807) is 0 Å². The number of nitrogens with two attached hydrogens (primary N) is 2. The molecule has 0 aliphatic heterocycles. The second kappa shape index (κ2) is 10.8. The standard InChI is InChI=1S/C22H29N10O10P/c23-21-27-17-11(19(37)29-21)25-5-31(17)9-2-8(13(34)14(9)35)4-41-43(39,40)42-16-7(3-33)1-10(15(16)36)32-6-26-12-18(32)28-22(24)30-20(12)38/h5-10,13-16,33-36H,1-4H2,(H,39,40)(H3,23,27,29,37)(H3,24,28,30,38). The molecule has 232 valence electrons. The molecule has 2 aliphatic rings. The summed E-state index contributed by atoms with van der Waals surface area (Å²) in [7, 11) is -4.90. The zero-order valence-electron chi connectivity index (χ0n) is 22.2. The van der Waals surface area contributed by atoms with Gasteiger partial charge >= 0.3 is 7.82 Å². The van der Waals surface area contributed by atoms with Crippen molar-refractivity contribution in [2.75, 3.05) is 24.7 Å². The smallest absolute Gasteiger partial charge is 0.396 e. The van der Waals surface area contributed by atoms with E-state index in [1.807, 2.05) is 0 Å². The number of phosphoric ester groups is 1. The van der Waals surface area contributed by atoms with Crippen LogP contribution in [-0.2, 0) is 13.6 Å². The molecule has 0 amide bonds. The van der Waals surface area contributed by atoms with Gasteiger partial charge in [0.15, 0.2) is 22.3 Å². The van der Waals surface area contributed by atoms with Gasteiger partial charge in [0.2, 0.25) is 11.9 Å². The predicted molar refractivity (Wildman–Crippen MR) is 145 cm³/mol. The Bertz CT molecular complexity index is 1840. The predicted octanol–water partition coefficient (Wildman–Crippen LogP) is -2.88. The number of nitrogens with one attached hydrogen (secondary N) is 2. The minimum Gasteiger partial charge on any atom is -0.396 e. The SMILES string of the molecule is Nc1nc2c(ncn2C2CC(COP(=O)(O)OC3C(CO)CC(n4cnc5c(=O)[nH]c(N)nc54)C3O)C(O)C2O)c(=O)[nH]1. The molecule has 9 atom stereocenters. The number of hydrogen-bond donors (Lipinski definition) is 9. The third-order valence-corrected chi connectivity index (χ3v) is 9.05. The van der Waals surface area contributed by atoms with E-state index in [2.05, 4.69) is 29.9 Å². The van der Waals surface area contributed by atoms with Crippen molar-refractivity contribution in [3.8, 4) is 0 Å². The van der Waals surface area contributed by atoms with Crippen LogP contribution in [-0.4, -0.2) is 102 Å². The van der Waals surface area contributed by atoms with Gasteiger partial charge in [-0.25, -0.2) is 14.5 Å². The van der Waals surface area contributed by atoms with E-state index in [9.17, 15) is 39.5 Å². The van der Waals surface area contributed by atoms with E-state index in [0.717, 1.165) is 0 Å². The zero-order chi connectivity index (χ0) is 30.8. The molecule has 4 aromatic rings. The highest BCUT2D eigenvalue weighted by atomic mass is 31.2. The van der Waals surface area contributed by atoms with E-state index >= 15 is 0 Å². The fraction of sp³-hybridized carbons (Fsp3) is 0.545. The number of aliphatic hydroxyl groups is 4. The first-order valence-corrected chi connectivity index (χ1v) is 14.6. The molecule has 4 aromatic heterocycles. The number of aromatic nitrogens is 8. The van der Waals surface area contributed by atoms with Crippen LogP contribution in [0.1, 0.15) is 24.9 Å². The maximum absolute atomic E-state index is 13.0. The number of imidazole rings is 2. The van der Waals surface area contributed by atoms with E-state index in [4.69, 9.17) is 20.5 Å². The number of hydrogen-bond acceptors (Lipinski definition) is 15. The normalized spacial score (nSPS) is 30.8. The summed E-state index contributed by atoms with van der Waals surface area (Å²) in [6, 6.07) is -1.68. The summed E-state index contributed by atoms with van der Waals surface area (Å²) in [6.45, 7) is -1.05. The van der Waals surface area contributed by atoms with Gasteiger partial charge in [-0.3, -0.25) is 28.6 Å². The summed E-state index contributed by atoms with van der Waals surface area (Å²) in [5, 5.41) is 42.4. The van der Waals surface area contributed by atoms with Crippen LogP contribution in [0.25, 0.3) is 22.3 Å². The Labute approximate surface area is 239 Å². The van der Waals surface area contributed by atoms with Crippen LogP contribution in [0.2, 0.25) is 0 Å². The van der Waals surface area contributed by atoms with Crippen LogP contribution in [0.3, 0.4) is 0 Å². The van der Waals surface area contributed by atoms with Crippen molar-refractivity contribution >= 4 is 42.0 Å². The van der Waals surface area contributed by atoms with Gasteiger partial charge in [-0.2, -0.15) is 9.97 Å². The van der Waals surface area contributed by atoms with Crippen molar-refractivity contribution < 1.29 is 38.9 Å². The first kappa shape index (κ1) is 29.3. The number of phosphoric acid groups is 1. The Kier molecular flexibility index (Phi) is 7.33. The largest absolute Gasteiger partial charge is 0.472 e. The molecule has 0 spiro atoms. The van der Waals surface area contributed by atoms with Crippen LogP contribution in [0, 0.1) is 11.8 Å². The first-order valence-electron chi connectivity index (χ1n) is 13.1. The number of anilines is 2. The highest BCUT2D eigenvalue weighted by Crippen LogP contribution is 2.51. The number of H-pyrrole nitrogens is 2. The zero-order valence-corrected chi connectivity index (χ0v) is 23.1. The van der Waals surface area contributed by atoms with Crippen molar-refractivity contribution in [1.29, 1.82) is 0 Å². The molecule has 2 saturated carbocycles. The van der Waals surface area contributed by atoms with Crippen LogP contribution in [0.4, 0.5) is 11.9 Å². The second-order valence-electron chi connectivity index (χ2n) is 10.7. The lowest BCUT2D eigenvalue weighted by Gasteiger charge is -2.25. The minimum absolute atomic E-state index is 0.0227. The van der Waals surface area contributed by atoms with Crippen molar-refractivity contribution in [2.24, 2.45) is 11.8 Å². The summed E-state index contributed by atoms with van der Waals surface area (Å²) in [4.78, 5) is 55.6. The second-order valence-corrected chi connectivity index (χ2v) is 12.1. The van der Waals surface area contributed by atoms with E-state index in [1.165, 1.54) is 21.8 Å². The lowest BCUT2D eigenvalue weighted by Crippen LogP contribution is -2.33. The van der Waals surface area contributed by atoms with Gasteiger partial charge in [-0.1, -0.05) is 0 Å². The van der Waals surface area contributed by atoms with Crippen LogP contribution < -0.4 is 22.6 Å². The lowest BCUT2D eigenvalue weighted by molar-refractivity contribution is -0.0228. The highest BCUT2D eigenvalue weighted by molar-refractivity contribution is 7.47. The summed E-state index contributed by atoms with van der Waals surface area (Å²) in [5.74, 6) is -2.02. The third-order valence-electron chi connectivity index (χ3n) is 8.07. The molecule has 43 heavy (non-hydrogen) atoms. The van der Waals surface area contributed by atoms with Crippen molar-refractivity contribution in [3.05, 3.63) is 33.4 Å². The average Bonchev–Trinajstić information content (AvgIpc) is 3.69. The van der Waals surface area contributed by atoms with Crippen LogP contribution in [0.15, 0.2) is 22.2 Å². The molecule has 20 nitrogen and oxygen atoms in total. The van der Waals surface area contributed by atoms with Gasteiger partial charge in [0.25, 0.3) is 11.1 Å². The van der Waals surface area contributed by atoms with Crippen molar-refractivity contribution in [3.63, 3.8) is 0 Å². The van der Waals surface area contributed by atoms with E-state index in [-0.39, 0.29) is 47.1 Å². The van der Waals surface area contributed by atoms with E-state index < -0.39 is 80.5 Å². The third kappa shape index (κ3) is 5.10. The Morgan fingerprint density at radius 2 is 1.40 bits per heavy atom. The Morgan fingerprint density at radius 3 is 1.93 bits per heavy atom. The molecule has 0 saturated heterocycles. The Balaban J connectivity index is 1.15. The fourth-order valence-electron chi connectivity index (χ4n) is 5.97. The maximum atomic E-state index is 13.0. The molecule has 0 bridgehead atoms. The molecule has 9 unspecified atom stereocenters. The molecule has 6 rings (SSSR count). The van der Waals surface area contributed by atoms with Gasteiger partial charge in [0.1, 0.15) is 18.3 Å². The van der Waals surface area contributed by atoms with Gasteiger partial charge in [-0.15, -0.1) is 0 Å². The number of aliphatic hydroxyl groups excluding tert-OH is 4. The molecule has 0 aromatic carbocycles. The Morgan fingerprint density at radius 1 is 0.884 bits per heavy atom. The molecule has 21 heteroatoms. The Hall–Kier alpha value is -3.75. The maximum Gasteiger partial charge on any atom is 0.472 e. The topological polar surface area (TPSA) is 316 Å². The molecule has 4 heterocycles. The van der Waals surface area contributed by atoms with Crippen molar-refractivity contribution in [2.45, 2.75) is 49.3 Å². The van der Waals surface area contributed by atoms with Gasteiger partial charge in [-0.05, 0) is 12.8 Å². The average molecular weight is 625 g/mol. The molecule has 2 aliphatic carbocycles. The van der Waals surface area contributed by atoms with Gasteiger partial charge in [0, 0.05) is 18.4 Å². The summed E-state index contributed by atoms with van der Waals surface area (Å²) < 4.78 is 26.2. The molecular formula is C22H29N10O10P. The summed E-state index contributed by atoms with van der Waals surface area (Å²) >= 11 is 0. The first-order chi connectivity index (χ1) is 20.4. The lowest BCUT2D eigenvalue weighted by atomic mass is 10.1. The molecular weight excluding hydrogens is 595 g/mol. The molecule has 2 fully saturated rings. The van der Waals surface area contributed by atoms with Gasteiger partial charge in [0.05, 0.1) is 37.4 Å². The van der Waals surface area contributed by atoms with E-state index in [0.29, 0.717) is 0 Å². The minimum atomic E-state index is -4.90. The molecule has 0 radical (unpaired) electrons. The summed E-state index contributed by atoms with van der Waals surface area (Å²) in [6.07, 6.45) is -2.96. The van der Waals surface area contributed by atoms with Gasteiger partial charge < -0.3 is 45.9 Å². The highest BCUT2D eigenvalue weighted by Gasteiger charge is 2.49. The molecule has 11 N–H and O–H groups in total. The number of fused-ring (bicyclic) bond motifs is 2. The summed E-state index contributed by atoms with van der Waals surface area (Å²) in [5.41, 5.74) is 10.2. The number of aromatic amines is 2. The van der Waals surface area contributed by atoms with Crippen LogP contribution >= 0.6 is 7.82 Å². The monoisotopic (exact) mass is 624 g/mol. The fourth-order valence-corrected chi connectivity index (χ4v) is 7.02. The van der Waals surface area contributed by atoms with Crippen molar-refractivity contribution in [1.82, 2.24) is 39.0 Å².